The Morgan fingerprint density at radius 2 is 1.74 bits per heavy atom. The molecule has 1 amide bonds. The maximum atomic E-state index is 13.8. The van der Waals surface area contributed by atoms with Gasteiger partial charge in [-0.15, -0.1) is 0 Å². The zero-order valence-corrected chi connectivity index (χ0v) is 19.7. The zero-order chi connectivity index (χ0) is 26.1. The number of nitrogens with two attached hydrogens (primary N) is 1. The summed E-state index contributed by atoms with van der Waals surface area (Å²) in [5.74, 6) is -7.74. The minimum absolute atomic E-state index is 0.0271. The Hall–Kier alpha value is -3.70. The van der Waals surface area contributed by atoms with Gasteiger partial charge in [-0.05, 0) is 50.6 Å². The zero-order valence-electron chi connectivity index (χ0n) is 19.7. The SMILES string of the molecule is CN(C)c1cc(C(=O)O)cc2c1CC1CC3[C@H](N(C)C)C(=O)C(C(N)=O)=C(O)[C@@]3(O)C(=O)C1=C2O. The summed E-state index contributed by atoms with van der Waals surface area (Å²) >= 11 is 0. The minimum Gasteiger partial charge on any atom is -0.508 e. The Balaban J connectivity index is 1.99. The van der Waals surface area contributed by atoms with Crippen LogP contribution in [0.15, 0.2) is 29.0 Å². The van der Waals surface area contributed by atoms with Crippen molar-refractivity contribution in [3.8, 4) is 0 Å². The number of carboxylic acid groups (broad SMARTS) is 1. The quantitative estimate of drug-likeness (QED) is 0.365. The van der Waals surface area contributed by atoms with Crippen molar-refractivity contribution in [1.29, 1.82) is 0 Å². The number of Topliss-reactive ketones (excluding diaryl/α,β-unsaturated/α-hetero) is 2. The van der Waals surface area contributed by atoms with Crippen LogP contribution in [-0.4, -0.2) is 88.6 Å². The highest BCUT2D eigenvalue weighted by molar-refractivity contribution is 6.24. The molecule has 3 aliphatic carbocycles. The van der Waals surface area contributed by atoms with Crippen molar-refractivity contribution in [3.63, 3.8) is 0 Å². The standard InChI is InChI=1S/C24H27N3O8/c1-26(2)14-8-10(23(33)34)6-12-11(14)5-9-7-13-17(27(3)4)19(29)16(22(25)32)21(31)24(13,35)20(30)15(9)18(12)28/h6,8-9,13,17,28,31,35H,5,7H2,1-4H3,(H2,25,32)(H,33,34)/t9?,13?,17-,24-/m0/s1. The van der Waals surface area contributed by atoms with Gasteiger partial charge in [-0.2, -0.15) is 0 Å². The van der Waals surface area contributed by atoms with Crippen molar-refractivity contribution >= 4 is 34.9 Å². The van der Waals surface area contributed by atoms with E-state index >= 15 is 0 Å². The van der Waals surface area contributed by atoms with E-state index in [4.69, 9.17) is 5.73 Å². The second kappa shape index (κ2) is 7.92. The van der Waals surface area contributed by atoms with Gasteiger partial charge in [0.2, 0.25) is 5.78 Å². The molecule has 1 saturated carbocycles. The van der Waals surface area contributed by atoms with Crippen LogP contribution in [0.2, 0.25) is 0 Å². The Kier molecular flexibility index (Phi) is 5.53. The van der Waals surface area contributed by atoms with Crippen LogP contribution in [0.5, 0.6) is 0 Å². The van der Waals surface area contributed by atoms with Crippen molar-refractivity contribution in [2.45, 2.75) is 24.5 Å². The maximum absolute atomic E-state index is 13.8. The molecule has 186 valence electrons. The van der Waals surface area contributed by atoms with Gasteiger partial charge < -0.3 is 31.1 Å². The summed E-state index contributed by atoms with van der Waals surface area (Å²) in [6.07, 6.45) is 0.251. The van der Waals surface area contributed by atoms with Gasteiger partial charge in [0.1, 0.15) is 17.1 Å². The number of primary amides is 1. The molecule has 0 spiro atoms. The van der Waals surface area contributed by atoms with E-state index in [2.05, 4.69) is 0 Å². The van der Waals surface area contributed by atoms with E-state index in [9.17, 15) is 39.6 Å². The fraction of sp³-hybridized carbons (Fsp3) is 0.417. The molecule has 1 aromatic carbocycles. The largest absolute Gasteiger partial charge is 0.508 e. The lowest BCUT2D eigenvalue weighted by Gasteiger charge is -2.50. The third-order valence-electron chi connectivity index (χ3n) is 7.29. The minimum atomic E-state index is -2.67. The first-order chi connectivity index (χ1) is 16.2. The highest BCUT2D eigenvalue weighted by atomic mass is 16.4. The van der Waals surface area contributed by atoms with Gasteiger partial charge in [-0.1, -0.05) is 0 Å². The van der Waals surface area contributed by atoms with Crippen molar-refractivity contribution in [1.82, 2.24) is 4.90 Å². The number of ketones is 2. The number of amides is 1. The van der Waals surface area contributed by atoms with Gasteiger partial charge in [0.25, 0.3) is 5.91 Å². The van der Waals surface area contributed by atoms with Gasteiger partial charge >= 0.3 is 5.97 Å². The Morgan fingerprint density at radius 3 is 2.26 bits per heavy atom. The first kappa shape index (κ1) is 24.4. The van der Waals surface area contributed by atoms with E-state index in [0.717, 1.165) is 0 Å². The molecule has 3 aliphatic rings. The van der Waals surface area contributed by atoms with Crippen LogP contribution < -0.4 is 10.6 Å². The molecule has 2 unspecified atom stereocenters. The molecule has 11 heteroatoms. The summed E-state index contributed by atoms with van der Waals surface area (Å²) in [4.78, 5) is 53.7. The number of carbonyl (C=O) groups is 4. The molecule has 0 aliphatic heterocycles. The highest BCUT2D eigenvalue weighted by Gasteiger charge is 2.64. The highest BCUT2D eigenvalue weighted by Crippen LogP contribution is 2.52. The van der Waals surface area contributed by atoms with Gasteiger partial charge in [0, 0.05) is 36.8 Å². The predicted octanol–water partition coefficient (Wildman–Crippen LogP) is 0.0226. The Labute approximate surface area is 200 Å². The second-order valence-corrected chi connectivity index (χ2v) is 9.68. The number of aromatic carboxylic acids is 1. The number of carboxylic acids is 1. The lowest BCUT2D eigenvalue weighted by Crippen LogP contribution is -2.65. The van der Waals surface area contributed by atoms with Crippen LogP contribution in [-0.2, 0) is 20.8 Å². The number of aliphatic hydroxyl groups is 3. The van der Waals surface area contributed by atoms with Crippen molar-refractivity contribution in [3.05, 3.63) is 45.7 Å². The van der Waals surface area contributed by atoms with Crippen LogP contribution in [0.1, 0.15) is 27.9 Å². The van der Waals surface area contributed by atoms with Crippen LogP contribution in [0.25, 0.3) is 5.76 Å². The van der Waals surface area contributed by atoms with Gasteiger partial charge in [-0.3, -0.25) is 19.3 Å². The fourth-order valence-corrected chi connectivity index (χ4v) is 5.75. The number of hydrogen-bond donors (Lipinski definition) is 5. The molecule has 1 aromatic rings. The molecule has 4 rings (SSSR count). The summed E-state index contributed by atoms with van der Waals surface area (Å²) in [5.41, 5.74) is 2.78. The summed E-state index contributed by atoms with van der Waals surface area (Å²) in [7, 11) is 6.53. The topological polar surface area (TPSA) is 182 Å². The number of benzene rings is 1. The van der Waals surface area contributed by atoms with Crippen LogP contribution in [0, 0.1) is 11.8 Å². The number of fused-ring (bicyclic) bond motifs is 3. The summed E-state index contributed by atoms with van der Waals surface area (Å²) < 4.78 is 0. The second-order valence-electron chi connectivity index (χ2n) is 9.68. The third-order valence-corrected chi connectivity index (χ3v) is 7.29. The monoisotopic (exact) mass is 485 g/mol. The summed E-state index contributed by atoms with van der Waals surface area (Å²) in [5, 5.41) is 43.1. The first-order valence-electron chi connectivity index (χ1n) is 11.0. The molecule has 35 heavy (non-hydrogen) atoms. The van der Waals surface area contributed by atoms with Crippen molar-refractivity contribution < 1.29 is 39.6 Å². The number of nitrogens with zero attached hydrogens (tertiary/aromatic N) is 2. The molecule has 11 nitrogen and oxygen atoms in total. The lowest BCUT2D eigenvalue weighted by molar-refractivity contribution is -0.153. The summed E-state index contributed by atoms with van der Waals surface area (Å²) in [6.45, 7) is 0. The molecule has 0 aromatic heterocycles. The lowest BCUT2D eigenvalue weighted by atomic mass is 9.57. The molecule has 0 radical (unpaired) electrons. The maximum Gasteiger partial charge on any atom is 0.335 e. The summed E-state index contributed by atoms with van der Waals surface area (Å²) in [6, 6.07) is 1.60. The normalized spacial score (nSPS) is 28.0. The molecular weight excluding hydrogens is 458 g/mol. The molecule has 0 bridgehead atoms. The average molecular weight is 485 g/mol. The third kappa shape index (κ3) is 3.26. The molecule has 6 N–H and O–H groups in total. The van der Waals surface area contributed by atoms with Crippen molar-refractivity contribution in [2.75, 3.05) is 33.1 Å². The van der Waals surface area contributed by atoms with E-state index in [0.29, 0.717) is 11.3 Å². The van der Waals surface area contributed by atoms with Crippen LogP contribution in [0.4, 0.5) is 5.69 Å². The first-order valence-corrected chi connectivity index (χ1v) is 11.0. The van der Waals surface area contributed by atoms with E-state index < -0.39 is 64.0 Å². The number of hydrogen-bond acceptors (Lipinski definition) is 9. The van der Waals surface area contributed by atoms with E-state index in [1.165, 1.54) is 17.0 Å². The number of carbonyl (C=O) groups excluding carboxylic acids is 3. The van der Waals surface area contributed by atoms with E-state index in [1.807, 2.05) is 0 Å². The van der Waals surface area contributed by atoms with Gasteiger partial charge in [0.05, 0.1) is 11.6 Å². The molecule has 0 saturated heterocycles. The number of likely N-dealkylation sites (N-methyl/N-ethyl adjacent to an activating group) is 1. The Bertz CT molecular complexity index is 1260. The number of anilines is 1. The fourth-order valence-electron chi connectivity index (χ4n) is 5.75. The smallest absolute Gasteiger partial charge is 0.335 e. The number of rotatable bonds is 4. The van der Waals surface area contributed by atoms with E-state index in [-0.39, 0.29) is 29.5 Å². The van der Waals surface area contributed by atoms with Crippen molar-refractivity contribution in [2.24, 2.45) is 17.6 Å². The average Bonchev–Trinajstić information content (AvgIpc) is 2.75. The van der Waals surface area contributed by atoms with Gasteiger partial charge in [0.15, 0.2) is 11.4 Å². The van der Waals surface area contributed by atoms with Crippen LogP contribution in [0.3, 0.4) is 0 Å². The molecule has 1 fully saturated rings. The molecule has 0 heterocycles. The number of aliphatic hydroxyl groups excluding tert-OH is 2. The molecular formula is C24H27N3O8. The van der Waals surface area contributed by atoms with Gasteiger partial charge in [-0.25, -0.2) is 4.79 Å². The van der Waals surface area contributed by atoms with Crippen LogP contribution >= 0.6 is 0 Å². The molecule has 4 atom stereocenters. The predicted molar refractivity (Wildman–Crippen MR) is 124 cm³/mol. The van der Waals surface area contributed by atoms with E-state index in [1.54, 1.807) is 33.1 Å². The Morgan fingerprint density at radius 1 is 1.11 bits per heavy atom.